The number of carbonyl (C=O) groups excluding carboxylic acids is 1. The van der Waals surface area contributed by atoms with Crippen molar-refractivity contribution in [3.8, 4) is 5.75 Å². The average molecular weight is 246 g/mol. The zero-order valence-corrected chi connectivity index (χ0v) is 9.09. The van der Waals surface area contributed by atoms with Crippen LogP contribution in [0.2, 0.25) is 0 Å². The van der Waals surface area contributed by atoms with Crippen LogP contribution >= 0.6 is 0 Å². The Kier molecular flexibility index (Phi) is 4.65. The molecular weight excluding hydrogens is 234 g/mol. The Hall–Kier alpha value is -1.89. The number of nitrogens with one attached hydrogen (secondary N) is 2. The van der Waals surface area contributed by atoms with Gasteiger partial charge in [0.15, 0.2) is 17.4 Å². The minimum atomic E-state index is -0.912. The number of halogens is 2. The smallest absolute Gasteiger partial charge is 0.319 e. The number of carbonyl (C=O) groups is 1. The van der Waals surface area contributed by atoms with E-state index in [-0.39, 0.29) is 18.8 Å². The monoisotopic (exact) mass is 246 g/mol. The van der Waals surface area contributed by atoms with E-state index in [0.29, 0.717) is 0 Å². The summed E-state index contributed by atoms with van der Waals surface area (Å²) in [5.74, 6) is -2.33. The molecule has 1 aromatic rings. The van der Waals surface area contributed by atoms with Crippen molar-refractivity contribution in [3.05, 3.63) is 23.8 Å². The van der Waals surface area contributed by atoms with E-state index in [9.17, 15) is 13.6 Å². The Morgan fingerprint density at radius 1 is 1.41 bits per heavy atom. The predicted molar refractivity (Wildman–Crippen MR) is 57.0 cm³/mol. The van der Waals surface area contributed by atoms with E-state index in [1.54, 1.807) is 0 Å². The van der Waals surface area contributed by atoms with Gasteiger partial charge in [-0.2, -0.15) is 0 Å². The Labute approximate surface area is 96.4 Å². The molecule has 0 aliphatic carbocycles. The molecule has 2 amide bonds. The molecule has 94 valence electrons. The summed E-state index contributed by atoms with van der Waals surface area (Å²) in [5, 5.41) is 12.9. The van der Waals surface area contributed by atoms with Crippen LogP contribution in [0, 0.1) is 11.6 Å². The molecule has 1 aromatic carbocycles. The molecule has 5 nitrogen and oxygen atoms in total. The first-order valence-electron chi connectivity index (χ1n) is 4.77. The molecule has 7 heteroatoms. The normalized spacial score (nSPS) is 9.88. The fourth-order valence-electron chi connectivity index (χ4n) is 1.17. The first-order chi connectivity index (χ1) is 8.08. The number of benzene rings is 1. The number of aliphatic hydroxyl groups excluding tert-OH is 1. The number of hydrogen-bond donors (Lipinski definition) is 3. The van der Waals surface area contributed by atoms with Crippen LogP contribution in [-0.4, -0.2) is 31.4 Å². The first kappa shape index (κ1) is 13.2. The number of anilines is 1. The number of aliphatic hydroxyl groups is 1. The highest BCUT2D eigenvalue weighted by Crippen LogP contribution is 2.25. The van der Waals surface area contributed by atoms with Crippen LogP contribution in [0.5, 0.6) is 5.75 Å². The van der Waals surface area contributed by atoms with Crippen molar-refractivity contribution in [1.29, 1.82) is 0 Å². The Bertz CT molecular complexity index is 390. The van der Waals surface area contributed by atoms with E-state index in [4.69, 9.17) is 5.11 Å². The van der Waals surface area contributed by atoms with Gasteiger partial charge in [0.2, 0.25) is 0 Å². The van der Waals surface area contributed by atoms with E-state index in [1.165, 1.54) is 0 Å². The van der Waals surface area contributed by atoms with Crippen molar-refractivity contribution < 1.29 is 23.4 Å². The molecule has 0 saturated heterocycles. The third-order valence-corrected chi connectivity index (χ3v) is 1.86. The van der Waals surface area contributed by atoms with Gasteiger partial charge in [-0.05, 0) is 0 Å². The van der Waals surface area contributed by atoms with Gasteiger partial charge < -0.3 is 20.5 Å². The average Bonchev–Trinajstić information content (AvgIpc) is 2.26. The van der Waals surface area contributed by atoms with Crippen molar-refractivity contribution in [1.82, 2.24) is 5.32 Å². The Morgan fingerprint density at radius 2 is 2.00 bits per heavy atom. The quantitative estimate of drug-likeness (QED) is 0.744. The highest BCUT2D eigenvalue weighted by Gasteiger charge is 2.12. The summed E-state index contributed by atoms with van der Waals surface area (Å²) in [7, 11) is 1.14. The summed E-state index contributed by atoms with van der Waals surface area (Å²) in [6.45, 7) is -0.175. The van der Waals surface area contributed by atoms with Gasteiger partial charge in [0, 0.05) is 24.4 Å². The van der Waals surface area contributed by atoms with Gasteiger partial charge in [0.1, 0.15) is 0 Å². The maximum absolute atomic E-state index is 13.2. The number of methoxy groups -OCH3 is 1. The minimum Gasteiger partial charge on any atom is -0.491 e. The molecule has 0 aliphatic heterocycles. The molecule has 1 rings (SSSR count). The second-order valence-corrected chi connectivity index (χ2v) is 3.08. The number of hydrogen-bond acceptors (Lipinski definition) is 3. The molecule has 0 saturated carbocycles. The highest BCUT2D eigenvalue weighted by molar-refractivity contribution is 5.89. The molecule has 0 unspecified atom stereocenters. The summed E-state index contributed by atoms with van der Waals surface area (Å²) >= 11 is 0. The fourth-order valence-corrected chi connectivity index (χ4v) is 1.17. The highest BCUT2D eigenvalue weighted by atomic mass is 19.1. The molecule has 0 spiro atoms. The van der Waals surface area contributed by atoms with Gasteiger partial charge in [-0.15, -0.1) is 0 Å². The topological polar surface area (TPSA) is 70.6 Å². The lowest BCUT2D eigenvalue weighted by molar-refractivity contribution is 0.245. The van der Waals surface area contributed by atoms with Crippen molar-refractivity contribution in [2.45, 2.75) is 0 Å². The third kappa shape index (κ3) is 3.56. The van der Waals surface area contributed by atoms with Crippen LogP contribution in [-0.2, 0) is 0 Å². The second-order valence-electron chi connectivity index (χ2n) is 3.08. The summed E-state index contributed by atoms with van der Waals surface area (Å²) in [5.41, 5.74) is -0.0451. The van der Waals surface area contributed by atoms with Gasteiger partial charge in [0.05, 0.1) is 13.7 Å². The van der Waals surface area contributed by atoms with Gasteiger partial charge in [-0.3, -0.25) is 0 Å². The molecule has 0 aliphatic rings. The molecule has 3 N–H and O–H groups in total. The van der Waals surface area contributed by atoms with Crippen LogP contribution in [0.25, 0.3) is 0 Å². The number of urea groups is 1. The van der Waals surface area contributed by atoms with E-state index in [0.717, 1.165) is 19.2 Å². The largest absolute Gasteiger partial charge is 0.491 e. The van der Waals surface area contributed by atoms with E-state index >= 15 is 0 Å². The zero-order valence-electron chi connectivity index (χ0n) is 9.09. The van der Waals surface area contributed by atoms with Crippen LogP contribution in [0.3, 0.4) is 0 Å². The fraction of sp³-hybridized carbons (Fsp3) is 0.300. The van der Waals surface area contributed by atoms with Crippen LogP contribution < -0.4 is 15.4 Å². The van der Waals surface area contributed by atoms with Crippen molar-refractivity contribution in [2.24, 2.45) is 0 Å². The van der Waals surface area contributed by atoms with Crippen LogP contribution in [0.15, 0.2) is 12.1 Å². The van der Waals surface area contributed by atoms with Crippen LogP contribution in [0.4, 0.5) is 19.3 Å². The van der Waals surface area contributed by atoms with Gasteiger partial charge in [-0.25, -0.2) is 13.6 Å². The summed E-state index contributed by atoms with van der Waals surface area (Å²) in [6, 6.07) is 1.20. The van der Waals surface area contributed by atoms with Crippen molar-refractivity contribution in [3.63, 3.8) is 0 Å². The van der Waals surface area contributed by atoms with Crippen molar-refractivity contribution in [2.75, 3.05) is 25.6 Å². The third-order valence-electron chi connectivity index (χ3n) is 1.86. The van der Waals surface area contributed by atoms with E-state index < -0.39 is 23.4 Å². The maximum Gasteiger partial charge on any atom is 0.319 e. The van der Waals surface area contributed by atoms with Gasteiger partial charge >= 0.3 is 6.03 Å². The van der Waals surface area contributed by atoms with Crippen LogP contribution in [0.1, 0.15) is 0 Å². The lowest BCUT2D eigenvalue weighted by atomic mass is 10.2. The summed E-state index contributed by atoms with van der Waals surface area (Å²) in [6.07, 6.45) is 0. The SMILES string of the molecule is COc1c(F)cc(NC(=O)NCCO)cc1F. The Balaban J connectivity index is 2.76. The number of amides is 2. The second kappa shape index (κ2) is 6.00. The zero-order chi connectivity index (χ0) is 12.8. The molecule has 0 atom stereocenters. The first-order valence-corrected chi connectivity index (χ1v) is 4.77. The molecular formula is C10H12F2N2O3. The predicted octanol–water partition coefficient (Wildman–Crippen LogP) is 1.09. The van der Waals surface area contributed by atoms with Gasteiger partial charge in [-0.1, -0.05) is 0 Å². The maximum atomic E-state index is 13.2. The summed E-state index contributed by atoms with van der Waals surface area (Å²) < 4.78 is 31.0. The van der Waals surface area contributed by atoms with E-state index in [1.807, 2.05) is 0 Å². The molecule has 0 aromatic heterocycles. The number of rotatable bonds is 4. The van der Waals surface area contributed by atoms with Crippen molar-refractivity contribution >= 4 is 11.7 Å². The lowest BCUT2D eigenvalue weighted by Gasteiger charge is -2.09. The molecule has 17 heavy (non-hydrogen) atoms. The Morgan fingerprint density at radius 3 is 2.47 bits per heavy atom. The molecule has 0 heterocycles. The van der Waals surface area contributed by atoms with E-state index in [2.05, 4.69) is 15.4 Å². The number of ether oxygens (including phenoxy) is 1. The molecule has 0 bridgehead atoms. The lowest BCUT2D eigenvalue weighted by Crippen LogP contribution is -2.31. The molecule has 0 fully saturated rings. The molecule has 0 radical (unpaired) electrons. The summed E-state index contributed by atoms with van der Waals surface area (Å²) in [4.78, 5) is 11.1. The minimum absolute atomic E-state index is 0.0451. The van der Waals surface area contributed by atoms with Gasteiger partial charge in [0.25, 0.3) is 0 Å². The standard InChI is InChI=1S/C10H12F2N2O3/c1-17-9-7(11)4-6(5-8(9)12)14-10(16)13-2-3-15/h4-5,15H,2-3H2,1H3,(H2,13,14,16).